The molecule has 0 aliphatic carbocycles. The van der Waals surface area contributed by atoms with Crippen molar-refractivity contribution in [2.45, 2.75) is 25.8 Å². The third kappa shape index (κ3) is 5.02. The number of likely N-dealkylation sites (tertiary alicyclic amines) is 1. The molecule has 2 aromatic carbocycles. The third-order valence-corrected chi connectivity index (χ3v) is 6.59. The highest BCUT2D eigenvalue weighted by molar-refractivity contribution is 5.94. The third-order valence-electron chi connectivity index (χ3n) is 6.59. The minimum atomic E-state index is -0.268. The van der Waals surface area contributed by atoms with E-state index in [2.05, 4.69) is 14.9 Å². The van der Waals surface area contributed by atoms with Crippen LogP contribution in [0.5, 0.6) is 0 Å². The van der Waals surface area contributed by atoms with Gasteiger partial charge in [0.1, 0.15) is 5.82 Å². The summed E-state index contributed by atoms with van der Waals surface area (Å²) in [5.74, 6) is -0.293. The molecule has 5 nitrogen and oxygen atoms in total. The lowest BCUT2D eigenvalue weighted by Gasteiger charge is -2.25. The molecule has 2 aromatic heterocycles. The number of nitrogens with one attached hydrogen (secondary N) is 1. The maximum atomic E-state index is 14.8. The second-order valence-corrected chi connectivity index (χ2v) is 8.96. The number of pyridine rings is 1. The van der Waals surface area contributed by atoms with Gasteiger partial charge in [-0.2, -0.15) is 0 Å². The van der Waals surface area contributed by atoms with E-state index in [0.717, 1.165) is 48.1 Å². The number of halogens is 1. The van der Waals surface area contributed by atoms with Gasteiger partial charge in [-0.05, 0) is 91.8 Å². The Labute approximate surface area is 199 Å². The van der Waals surface area contributed by atoms with E-state index in [9.17, 15) is 9.18 Å². The Bertz CT molecular complexity index is 1260. The van der Waals surface area contributed by atoms with E-state index in [1.165, 1.54) is 18.9 Å². The molecule has 0 saturated carbocycles. The zero-order valence-electron chi connectivity index (χ0n) is 19.2. The van der Waals surface area contributed by atoms with Gasteiger partial charge >= 0.3 is 0 Å². The molecular formula is C28H29FN4O. The SMILES string of the molecule is O=C(c1ccncc1)N(CCCN1CCCC1)Cc1ccc(F)c(-c2ccc3cc[nH]c3c2)c1. The fraction of sp³-hybridized carbons (Fsp3) is 0.286. The van der Waals surface area contributed by atoms with Gasteiger partial charge in [-0.25, -0.2) is 4.39 Å². The molecule has 1 aliphatic rings. The fourth-order valence-electron chi connectivity index (χ4n) is 4.75. The van der Waals surface area contributed by atoms with Gasteiger partial charge in [0.2, 0.25) is 0 Å². The van der Waals surface area contributed by atoms with Gasteiger partial charge in [0, 0.05) is 48.3 Å². The molecule has 1 fully saturated rings. The summed E-state index contributed by atoms with van der Waals surface area (Å²) in [4.78, 5) is 24.9. The van der Waals surface area contributed by atoms with Crippen molar-refractivity contribution < 1.29 is 9.18 Å². The summed E-state index contributed by atoms with van der Waals surface area (Å²) in [5, 5.41) is 1.09. The molecule has 34 heavy (non-hydrogen) atoms. The van der Waals surface area contributed by atoms with Crippen LogP contribution < -0.4 is 0 Å². The van der Waals surface area contributed by atoms with Crippen molar-refractivity contribution in [2.24, 2.45) is 0 Å². The number of carbonyl (C=O) groups is 1. The maximum absolute atomic E-state index is 14.8. The lowest BCUT2D eigenvalue weighted by atomic mass is 10.0. The summed E-state index contributed by atoms with van der Waals surface area (Å²) in [6.45, 7) is 4.36. The molecule has 0 spiro atoms. The molecule has 174 valence electrons. The molecule has 1 amide bonds. The summed E-state index contributed by atoms with van der Waals surface area (Å²) in [6.07, 6.45) is 8.59. The van der Waals surface area contributed by atoms with Gasteiger partial charge < -0.3 is 14.8 Å². The summed E-state index contributed by atoms with van der Waals surface area (Å²) in [5.41, 5.74) is 3.86. The Morgan fingerprint density at radius 1 is 1.03 bits per heavy atom. The summed E-state index contributed by atoms with van der Waals surface area (Å²) in [6, 6.07) is 16.5. The van der Waals surface area contributed by atoms with Gasteiger partial charge in [0.15, 0.2) is 0 Å². The van der Waals surface area contributed by atoms with E-state index < -0.39 is 0 Å². The van der Waals surface area contributed by atoms with E-state index in [1.807, 2.05) is 41.4 Å². The second-order valence-electron chi connectivity index (χ2n) is 8.96. The number of rotatable bonds is 8. The van der Waals surface area contributed by atoms with Gasteiger partial charge in [-0.15, -0.1) is 0 Å². The molecule has 0 radical (unpaired) electrons. The van der Waals surface area contributed by atoms with Crippen molar-refractivity contribution in [2.75, 3.05) is 26.2 Å². The minimum absolute atomic E-state index is 0.0255. The zero-order valence-corrected chi connectivity index (χ0v) is 19.2. The van der Waals surface area contributed by atoms with Crippen LogP contribution in [-0.4, -0.2) is 51.9 Å². The first-order chi connectivity index (χ1) is 16.7. The first kappa shape index (κ1) is 22.3. The molecular weight excluding hydrogens is 427 g/mol. The molecule has 0 bridgehead atoms. The number of carbonyl (C=O) groups excluding carboxylic acids is 1. The van der Waals surface area contributed by atoms with Crippen LogP contribution >= 0.6 is 0 Å². The van der Waals surface area contributed by atoms with Crippen LogP contribution in [0.3, 0.4) is 0 Å². The molecule has 4 aromatic rings. The number of H-pyrrole nitrogens is 1. The van der Waals surface area contributed by atoms with Crippen LogP contribution in [-0.2, 0) is 6.54 Å². The number of hydrogen-bond donors (Lipinski definition) is 1. The lowest BCUT2D eigenvalue weighted by molar-refractivity contribution is 0.0736. The summed E-state index contributed by atoms with van der Waals surface area (Å²) in [7, 11) is 0. The highest BCUT2D eigenvalue weighted by atomic mass is 19.1. The average Bonchev–Trinajstić information content (AvgIpc) is 3.56. The normalized spacial score (nSPS) is 14.0. The quantitative estimate of drug-likeness (QED) is 0.381. The van der Waals surface area contributed by atoms with Crippen LogP contribution in [0.25, 0.3) is 22.0 Å². The molecule has 1 aliphatic heterocycles. The first-order valence-corrected chi connectivity index (χ1v) is 11.9. The monoisotopic (exact) mass is 456 g/mol. The predicted molar refractivity (Wildman–Crippen MR) is 133 cm³/mol. The Hall–Kier alpha value is -3.51. The number of amides is 1. The van der Waals surface area contributed by atoms with Gasteiger partial charge in [-0.1, -0.05) is 18.2 Å². The van der Waals surface area contributed by atoms with E-state index in [1.54, 1.807) is 30.6 Å². The van der Waals surface area contributed by atoms with E-state index >= 15 is 0 Å². The molecule has 3 heterocycles. The topological polar surface area (TPSA) is 52.2 Å². The van der Waals surface area contributed by atoms with Crippen LogP contribution in [0, 0.1) is 5.82 Å². The summed E-state index contributed by atoms with van der Waals surface area (Å²) >= 11 is 0. The standard InChI is InChI=1S/C28H29FN4O/c29-26-7-4-21(18-25(26)24-6-5-22-10-13-31-27(22)19-24)20-33(17-3-16-32-14-1-2-15-32)28(34)23-8-11-30-12-9-23/h4-13,18-19,31H,1-3,14-17,20H2. The largest absolute Gasteiger partial charge is 0.361 e. The molecule has 1 N–H and O–H groups in total. The van der Waals surface area contributed by atoms with Crippen LogP contribution in [0.15, 0.2) is 73.2 Å². The number of aromatic nitrogens is 2. The molecule has 1 saturated heterocycles. The highest BCUT2D eigenvalue weighted by Gasteiger charge is 2.18. The van der Waals surface area contributed by atoms with E-state index in [4.69, 9.17) is 0 Å². The first-order valence-electron chi connectivity index (χ1n) is 11.9. The van der Waals surface area contributed by atoms with Crippen molar-refractivity contribution in [3.05, 3.63) is 90.1 Å². The Kier molecular flexibility index (Phi) is 6.67. The van der Waals surface area contributed by atoms with Crippen LogP contribution in [0.2, 0.25) is 0 Å². The van der Waals surface area contributed by atoms with Crippen molar-refractivity contribution in [3.63, 3.8) is 0 Å². The average molecular weight is 457 g/mol. The smallest absolute Gasteiger partial charge is 0.254 e. The molecule has 6 heteroatoms. The van der Waals surface area contributed by atoms with Crippen molar-refractivity contribution in [1.82, 2.24) is 19.8 Å². The maximum Gasteiger partial charge on any atom is 0.254 e. The Balaban J connectivity index is 1.38. The second kappa shape index (κ2) is 10.2. The molecule has 5 rings (SSSR count). The highest BCUT2D eigenvalue weighted by Crippen LogP contribution is 2.28. The Morgan fingerprint density at radius 2 is 1.85 bits per heavy atom. The minimum Gasteiger partial charge on any atom is -0.361 e. The van der Waals surface area contributed by atoms with Crippen molar-refractivity contribution in [1.29, 1.82) is 0 Å². The fourth-order valence-corrected chi connectivity index (χ4v) is 4.75. The number of nitrogens with zero attached hydrogens (tertiary/aromatic N) is 3. The van der Waals surface area contributed by atoms with Crippen LogP contribution in [0.4, 0.5) is 4.39 Å². The van der Waals surface area contributed by atoms with E-state index in [0.29, 0.717) is 24.2 Å². The summed E-state index contributed by atoms with van der Waals surface area (Å²) < 4.78 is 14.8. The number of aromatic amines is 1. The van der Waals surface area contributed by atoms with Crippen molar-refractivity contribution >= 4 is 16.8 Å². The van der Waals surface area contributed by atoms with Gasteiger partial charge in [0.25, 0.3) is 5.91 Å². The number of hydrogen-bond acceptors (Lipinski definition) is 3. The van der Waals surface area contributed by atoms with Gasteiger partial charge in [0.05, 0.1) is 0 Å². The number of fused-ring (bicyclic) bond motifs is 1. The molecule has 0 unspecified atom stereocenters. The predicted octanol–water partition coefficient (Wildman–Crippen LogP) is 5.50. The van der Waals surface area contributed by atoms with Crippen LogP contribution in [0.1, 0.15) is 35.2 Å². The van der Waals surface area contributed by atoms with Crippen molar-refractivity contribution in [3.8, 4) is 11.1 Å². The molecule has 0 atom stereocenters. The Morgan fingerprint density at radius 3 is 2.68 bits per heavy atom. The lowest BCUT2D eigenvalue weighted by Crippen LogP contribution is -2.33. The van der Waals surface area contributed by atoms with E-state index in [-0.39, 0.29) is 11.7 Å². The number of benzene rings is 2. The zero-order chi connectivity index (χ0) is 23.3. The van der Waals surface area contributed by atoms with Gasteiger partial charge in [-0.3, -0.25) is 9.78 Å².